The highest BCUT2D eigenvalue weighted by atomic mass is 32.2. The molecule has 0 aliphatic carbocycles. The van der Waals surface area contributed by atoms with E-state index in [9.17, 15) is 13.2 Å². The summed E-state index contributed by atoms with van der Waals surface area (Å²) in [6.45, 7) is 3.66. The van der Waals surface area contributed by atoms with Gasteiger partial charge >= 0.3 is 0 Å². The fourth-order valence-electron chi connectivity index (χ4n) is 2.97. The molecule has 0 spiro atoms. The molecule has 0 saturated carbocycles. The number of hydrogen-bond donors (Lipinski definition) is 2. The van der Waals surface area contributed by atoms with Crippen LogP contribution >= 0.6 is 11.3 Å². The van der Waals surface area contributed by atoms with Gasteiger partial charge in [0.2, 0.25) is 5.91 Å². The Kier molecular flexibility index (Phi) is 6.05. The van der Waals surface area contributed by atoms with Crippen molar-refractivity contribution in [3.8, 4) is 0 Å². The fourth-order valence-corrected chi connectivity index (χ4v) is 4.86. The third-order valence-electron chi connectivity index (χ3n) is 4.54. The summed E-state index contributed by atoms with van der Waals surface area (Å²) >= 11 is 1.54. The number of carbonyl (C=O) groups excluding carboxylic acids is 1. The third kappa shape index (κ3) is 4.69. The number of sulfone groups is 1. The lowest BCUT2D eigenvalue weighted by atomic mass is 9.97. The Morgan fingerprint density at radius 1 is 1.27 bits per heavy atom. The second-order valence-electron chi connectivity index (χ2n) is 6.36. The van der Waals surface area contributed by atoms with E-state index >= 15 is 0 Å². The van der Waals surface area contributed by atoms with Crippen LogP contribution in [0.25, 0.3) is 0 Å². The van der Waals surface area contributed by atoms with E-state index in [4.69, 9.17) is 0 Å². The quantitative estimate of drug-likeness (QED) is 0.788. The fraction of sp³-hybridized carbons (Fsp3) is 0.444. The predicted octanol–water partition coefficient (Wildman–Crippen LogP) is 2.58. The zero-order valence-corrected chi connectivity index (χ0v) is 16.3. The minimum Gasteiger partial charge on any atom is -0.317 e. The maximum absolute atomic E-state index is 12.2. The number of amides is 1. The summed E-state index contributed by atoms with van der Waals surface area (Å²) < 4.78 is 23.6. The standard InChI is InChI=1S/C18H23N3O3S2/c1-2-26(23,24)15-5-3-13(4-6-15)11-17(22)21-18-20-12-16(25-18)14-7-9-19-10-8-14/h3-6,12,14,19H,2,7-11H2,1H3,(H,20,21,22). The minimum absolute atomic E-state index is 0.0657. The minimum atomic E-state index is -3.21. The Labute approximate surface area is 158 Å². The monoisotopic (exact) mass is 393 g/mol. The summed E-state index contributed by atoms with van der Waals surface area (Å²) in [6.07, 6.45) is 4.25. The first kappa shape index (κ1) is 19.0. The van der Waals surface area contributed by atoms with Gasteiger partial charge in [0.05, 0.1) is 17.1 Å². The molecule has 6 nitrogen and oxygen atoms in total. The van der Waals surface area contributed by atoms with E-state index in [1.54, 1.807) is 31.2 Å². The smallest absolute Gasteiger partial charge is 0.230 e. The average Bonchev–Trinajstić information content (AvgIpc) is 3.11. The summed E-state index contributed by atoms with van der Waals surface area (Å²) in [7, 11) is -3.21. The van der Waals surface area contributed by atoms with Gasteiger partial charge in [0.15, 0.2) is 15.0 Å². The highest BCUT2D eigenvalue weighted by Gasteiger charge is 2.18. The summed E-state index contributed by atoms with van der Waals surface area (Å²) in [5.41, 5.74) is 0.771. The van der Waals surface area contributed by atoms with Gasteiger partial charge in [0.25, 0.3) is 0 Å². The summed E-state index contributed by atoms with van der Waals surface area (Å²) in [5.74, 6) is 0.436. The van der Waals surface area contributed by atoms with Crippen molar-refractivity contribution in [2.45, 2.75) is 37.0 Å². The molecule has 0 radical (unpaired) electrons. The zero-order chi connectivity index (χ0) is 18.6. The molecule has 140 valence electrons. The molecule has 26 heavy (non-hydrogen) atoms. The van der Waals surface area contributed by atoms with Crippen LogP contribution in [0.1, 0.15) is 36.1 Å². The molecule has 1 aliphatic heterocycles. The molecule has 0 atom stereocenters. The maximum atomic E-state index is 12.2. The Hall–Kier alpha value is -1.77. The number of anilines is 1. The number of piperidine rings is 1. The van der Waals surface area contributed by atoms with E-state index < -0.39 is 9.84 Å². The second-order valence-corrected chi connectivity index (χ2v) is 9.70. The van der Waals surface area contributed by atoms with Gasteiger partial charge in [-0.3, -0.25) is 4.79 Å². The molecule has 2 aromatic rings. The van der Waals surface area contributed by atoms with Gasteiger partial charge in [-0.25, -0.2) is 13.4 Å². The average molecular weight is 394 g/mol. The Balaban J connectivity index is 1.58. The topological polar surface area (TPSA) is 88.2 Å². The van der Waals surface area contributed by atoms with Crippen molar-refractivity contribution in [3.63, 3.8) is 0 Å². The highest BCUT2D eigenvalue weighted by Crippen LogP contribution is 2.31. The first-order valence-electron chi connectivity index (χ1n) is 8.76. The van der Waals surface area contributed by atoms with Crippen molar-refractivity contribution in [3.05, 3.63) is 40.9 Å². The molecule has 1 aromatic heterocycles. The highest BCUT2D eigenvalue weighted by molar-refractivity contribution is 7.91. The Morgan fingerprint density at radius 2 is 1.96 bits per heavy atom. The lowest BCUT2D eigenvalue weighted by molar-refractivity contribution is -0.115. The van der Waals surface area contributed by atoms with Crippen LogP contribution < -0.4 is 10.6 Å². The number of thiazole rings is 1. The first-order valence-corrected chi connectivity index (χ1v) is 11.2. The van der Waals surface area contributed by atoms with Crippen molar-refractivity contribution in [1.82, 2.24) is 10.3 Å². The molecule has 0 unspecified atom stereocenters. The van der Waals surface area contributed by atoms with Crippen molar-refractivity contribution >= 4 is 32.2 Å². The van der Waals surface area contributed by atoms with Crippen molar-refractivity contribution < 1.29 is 13.2 Å². The van der Waals surface area contributed by atoms with Crippen LogP contribution in [0.5, 0.6) is 0 Å². The Bertz CT molecular complexity index is 854. The molecule has 1 fully saturated rings. The van der Waals surface area contributed by atoms with Crippen LogP contribution in [-0.4, -0.2) is 38.2 Å². The van der Waals surface area contributed by atoms with Crippen LogP contribution in [0.2, 0.25) is 0 Å². The van der Waals surface area contributed by atoms with Crippen LogP contribution in [0.4, 0.5) is 5.13 Å². The SMILES string of the molecule is CCS(=O)(=O)c1ccc(CC(=O)Nc2ncc(C3CCNCC3)s2)cc1. The van der Waals surface area contributed by atoms with Gasteiger partial charge < -0.3 is 10.6 Å². The lowest BCUT2D eigenvalue weighted by Crippen LogP contribution is -2.26. The predicted molar refractivity (Wildman–Crippen MR) is 103 cm³/mol. The molecule has 2 N–H and O–H groups in total. The van der Waals surface area contributed by atoms with Gasteiger partial charge in [0, 0.05) is 11.1 Å². The van der Waals surface area contributed by atoms with E-state index in [-0.39, 0.29) is 23.0 Å². The van der Waals surface area contributed by atoms with E-state index in [2.05, 4.69) is 15.6 Å². The molecule has 1 saturated heterocycles. The van der Waals surface area contributed by atoms with E-state index in [0.717, 1.165) is 31.5 Å². The van der Waals surface area contributed by atoms with Gasteiger partial charge in [-0.2, -0.15) is 0 Å². The van der Waals surface area contributed by atoms with Crippen LogP contribution in [0.15, 0.2) is 35.4 Å². The molecule has 0 bridgehead atoms. The van der Waals surface area contributed by atoms with Crippen molar-refractivity contribution in [2.24, 2.45) is 0 Å². The maximum Gasteiger partial charge on any atom is 0.230 e. The van der Waals surface area contributed by atoms with Gasteiger partial charge in [-0.15, -0.1) is 11.3 Å². The largest absolute Gasteiger partial charge is 0.317 e. The molecular formula is C18H23N3O3S2. The zero-order valence-electron chi connectivity index (χ0n) is 14.7. The van der Waals surface area contributed by atoms with Crippen LogP contribution in [0.3, 0.4) is 0 Å². The lowest BCUT2D eigenvalue weighted by Gasteiger charge is -2.20. The van der Waals surface area contributed by atoms with Crippen molar-refractivity contribution in [2.75, 3.05) is 24.2 Å². The van der Waals surface area contributed by atoms with E-state index in [1.165, 1.54) is 16.2 Å². The molecule has 3 rings (SSSR count). The number of aromatic nitrogens is 1. The van der Waals surface area contributed by atoms with Gasteiger partial charge in [-0.1, -0.05) is 19.1 Å². The first-order chi connectivity index (χ1) is 12.5. The van der Waals surface area contributed by atoms with E-state index in [0.29, 0.717) is 11.0 Å². The third-order valence-corrected chi connectivity index (χ3v) is 7.36. The summed E-state index contributed by atoms with van der Waals surface area (Å²) in [6, 6.07) is 6.48. The molecule has 1 aliphatic rings. The van der Waals surface area contributed by atoms with Gasteiger partial charge in [0.1, 0.15) is 0 Å². The number of nitrogens with one attached hydrogen (secondary N) is 2. The van der Waals surface area contributed by atoms with Crippen LogP contribution in [0, 0.1) is 0 Å². The second kappa shape index (κ2) is 8.28. The number of nitrogens with zero attached hydrogens (tertiary/aromatic N) is 1. The molecular weight excluding hydrogens is 370 g/mol. The molecule has 8 heteroatoms. The number of carbonyl (C=O) groups is 1. The summed E-state index contributed by atoms with van der Waals surface area (Å²) in [5, 5.41) is 6.80. The molecule has 2 heterocycles. The number of hydrogen-bond acceptors (Lipinski definition) is 6. The molecule has 1 amide bonds. The van der Waals surface area contributed by atoms with Crippen LogP contribution in [-0.2, 0) is 21.1 Å². The van der Waals surface area contributed by atoms with Gasteiger partial charge in [-0.05, 0) is 49.5 Å². The Morgan fingerprint density at radius 3 is 2.62 bits per heavy atom. The normalized spacial score (nSPS) is 15.7. The molecule has 1 aromatic carbocycles. The number of benzene rings is 1. The number of rotatable bonds is 6. The summed E-state index contributed by atoms with van der Waals surface area (Å²) in [4.78, 5) is 18.1. The van der Waals surface area contributed by atoms with Crippen molar-refractivity contribution in [1.29, 1.82) is 0 Å². The van der Waals surface area contributed by atoms with E-state index in [1.807, 2.05) is 6.20 Å².